The van der Waals surface area contributed by atoms with Crippen LogP contribution in [0.4, 0.5) is 0 Å². The molecule has 2 unspecified atom stereocenters. The number of aliphatic carboxylic acids is 1. The third-order valence-corrected chi connectivity index (χ3v) is 3.14. The van der Waals surface area contributed by atoms with E-state index < -0.39 is 12.0 Å². The molecular weight excluding hydrogens is 242 g/mol. The Kier molecular flexibility index (Phi) is 4.59. The molecule has 0 aliphatic heterocycles. The minimum Gasteiger partial charge on any atom is -0.480 e. The minimum atomic E-state index is -1.06. The molecule has 1 heterocycles. The lowest BCUT2D eigenvalue weighted by atomic mass is 10.3. The van der Waals surface area contributed by atoms with Gasteiger partial charge in [-0.25, -0.2) is 4.98 Å². The van der Waals surface area contributed by atoms with Crippen molar-refractivity contribution in [3.63, 3.8) is 0 Å². The quantitative estimate of drug-likeness (QED) is 0.703. The fourth-order valence-corrected chi connectivity index (χ4v) is 1.91. The van der Waals surface area contributed by atoms with Crippen molar-refractivity contribution >= 4 is 23.2 Å². The summed E-state index contributed by atoms with van der Waals surface area (Å²) in [4.78, 5) is 26.2. The Morgan fingerprint density at radius 2 is 2.24 bits per heavy atom. The van der Waals surface area contributed by atoms with Gasteiger partial charge in [0.1, 0.15) is 11.0 Å². The normalized spacial score (nSPS) is 14.1. The highest BCUT2D eigenvalue weighted by molar-refractivity contribution is 7.09. The molecule has 0 spiro atoms. The molecule has 1 amide bonds. The van der Waals surface area contributed by atoms with Crippen LogP contribution in [-0.4, -0.2) is 28.0 Å². The standard InChI is InChI=1S/C10H15N3O3S/c1-5(11)9-13-7(4-17-9)3-8(14)12-6(2)10(15)16/h4-6H,3,11H2,1-2H3,(H,12,14)(H,15,16). The summed E-state index contributed by atoms with van der Waals surface area (Å²) >= 11 is 1.39. The van der Waals surface area contributed by atoms with E-state index in [4.69, 9.17) is 10.8 Å². The highest BCUT2D eigenvalue weighted by Crippen LogP contribution is 2.15. The maximum absolute atomic E-state index is 11.5. The SMILES string of the molecule is CC(NC(=O)Cc1csc(C(C)N)n1)C(=O)O. The van der Waals surface area contributed by atoms with E-state index in [9.17, 15) is 9.59 Å². The lowest BCUT2D eigenvalue weighted by molar-refractivity contribution is -0.141. The Morgan fingerprint density at radius 3 is 2.71 bits per heavy atom. The van der Waals surface area contributed by atoms with Gasteiger partial charge >= 0.3 is 5.97 Å². The van der Waals surface area contributed by atoms with Crippen molar-refractivity contribution in [1.82, 2.24) is 10.3 Å². The largest absolute Gasteiger partial charge is 0.480 e. The van der Waals surface area contributed by atoms with Crippen LogP contribution < -0.4 is 11.1 Å². The van der Waals surface area contributed by atoms with Crippen LogP contribution >= 0.6 is 11.3 Å². The second-order valence-electron chi connectivity index (χ2n) is 3.77. The molecule has 0 aromatic carbocycles. The predicted octanol–water partition coefficient (Wildman–Crippen LogP) is 0.295. The van der Waals surface area contributed by atoms with Crippen LogP contribution in [0.5, 0.6) is 0 Å². The van der Waals surface area contributed by atoms with Gasteiger partial charge < -0.3 is 16.2 Å². The van der Waals surface area contributed by atoms with Crippen LogP contribution in [0, 0.1) is 0 Å². The Labute approximate surface area is 103 Å². The topological polar surface area (TPSA) is 105 Å². The van der Waals surface area contributed by atoms with E-state index in [0.29, 0.717) is 5.69 Å². The van der Waals surface area contributed by atoms with Gasteiger partial charge in [-0.3, -0.25) is 9.59 Å². The summed E-state index contributed by atoms with van der Waals surface area (Å²) in [6.07, 6.45) is 0.0703. The van der Waals surface area contributed by atoms with Gasteiger partial charge in [0.15, 0.2) is 0 Å². The van der Waals surface area contributed by atoms with Crippen LogP contribution in [0.2, 0.25) is 0 Å². The monoisotopic (exact) mass is 257 g/mol. The van der Waals surface area contributed by atoms with Crippen LogP contribution in [0.3, 0.4) is 0 Å². The van der Waals surface area contributed by atoms with Gasteiger partial charge in [0.2, 0.25) is 5.91 Å². The van der Waals surface area contributed by atoms with E-state index in [1.165, 1.54) is 18.3 Å². The number of hydrogen-bond acceptors (Lipinski definition) is 5. The molecule has 1 aromatic rings. The van der Waals surface area contributed by atoms with Gasteiger partial charge in [0, 0.05) is 5.38 Å². The second-order valence-corrected chi connectivity index (χ2v) is 4.66. The number of amides is 1. The van der Waals surface area contributed by atoms with Crippen LogP contribution in [0.15, 0.2) is 5.38 Å². The Hall–Kier alpha value is -1.47. The van der Waals surface area contributed by atoms with Crippen LogP contribution in [0.1, 0.15) is 30.6 Å². The number of aromatic nitrogens is 1. The molecule has 0 aliphatic rings. The molecule has 0 saturated heterocycles. The van der Waals surface area contributed by atoms with E-state index in [1.807, 2.05) is 6.92 Å². The first kappa shape index (κ1) is 13.6. The highest BCUT2D eigenvalue weighted by atomic mass is 32.1. The lowest BCUT2D eigenvalue weighted by Crippen LogP contribution is -2.39. The Morgan fingerprint density at radius 1 is 1.59 bits per heavy atom. The number of rotatable bonds is 5. The van der Waals surface area contributed by atoms with E-state index in [0.717, 1.165) is 5.01 Å². The summed E-state index contributed by atoms with van der Waals surface area (Å²) in [5.74, 6) is -1.42. The van der Waals surface area contributed by atoms with Gasteiger partial charge in [-0.1, -0.05) is 0 Å². The molecule has 0 bridgehead atoms. The zero-order chi connectivity index (χ0) is 13.0. The molecule has 1 rings (SSSR count). The number of carbonyl (C=O) groups excluding carboxylic acids is 1. The molecular formula is C10H15N3O3S. The number of thiazole rings is 1. The van der Waals surface area contributed by atoms with Crippen LogP contribution in [-0.2, 0) is 16.0 Å². The summed E-state index contributed by atoms with van der Waals surface area (Å²) in [7, 11) is 0. The van der Waals surface area contributed by atoms with Gasteiger partial charge in [0.05, 0.1) is 18.2 Å². The first-order valence-corrected chi connectivity index (χ1v) is 6.00. The van der Waals surface area contributed by atoms with E-state index in [2.05, 4.69) is 10.3 Å². The van der Waals surface area contributed by atoms with Crippen molar-refractivity contribution in [2.75, 3.05) is 0 Å². The molecule has 0 aliphatic carbocycles. The van der Waals surface area contributed by atoms with E-state index >= 15 is 0 Å². The number of nitrogens with one attached hydrogen (secondary N) is 1. The molecule has 7 heteroatoms. The maximum atomic E-state index is 11.5. The number of hydrogen-bond donors (Lipinski definition) is 3. The number of nitrogens with zero attached hydrogens (tertiary/aromatic N) is 1. The fraction of sp³-hybridized carbons (Fsp3) is 0.500. The number of carboxylic acid groups (broad SMARTS) is 1. The maximum Gasteiger partial charge on any atom is 0.325 e. The average molecular weight is 257 g/mol. The van der Waals surface area contributed by atoms with Gasteiger partial charge in [-0.15, -0.1) is 11.3 Å². The van der Waals surface area contributed by atoms with Crippen molar-refractivity contribution in [3.05, 3.63) is 16.1 Å². The van der Waals surface area contributed by atoms with E-state index in [-0.39, 0.29) is 18.4 Å². The summed E-state index contributed by atoms with van der Waals surface area (Å²) in [6.45, 7) is 3.23. The zero-order valence-corrected chi connectivity index (χ0v) is 10.5. The molecule has 4 N–H and O–H groups in total. The zero-order valence-electron chi connectivity index (χ0n) is 9.64. The summed E-state index contributed by atoms with van der Waals surface area (Å²) < 4.78 is 0. The summed E-state index contributed by atoms with van der Waals surface area (Å²) in [5.41, 5.74) is 6.26. The summed E-state index contributed by atoms with van der Waals surface area (Å²) in [6, 6.07) is -1.05. The van der Waals surface area contributed by atoms with E-state index in [1.54, 1.807) is 5.38 Å². The van der Waals surface area contributed by atoms with Crippen molar-refractivity contribution in [3.8, 4) is 0 Å². The number of carboxylic acids is 1. The molecule has 6 nitrogen and oxygen atoms in total. The van der Waals surface area contributed by atoms with Gasteiger partial charge in [-0.05, 0) is 13.8 Å². The minimum absolute atomic E-state index is 0.0703. The third kappa shape index (κ3) is 4.12. The first-order chi connectivity index (χ1) is 7.90. The average Bonchev–Trinajstić information content (AvgIpc) is 2.65. The molecule has 0 fully saturated rings. The Balaban J connectivity index is 2.53. The predicted molar refractivity (Wildman–Crippen MR) is 63.7 cm³/mol. The molecule has 2 atom stereocenters. The molecule has 1 aromatic heterocycles. The van der Waals surface area contributed by atoms with Gasteiger partial charge in [-0.2, -0.15) is 0 Å². The fourth-order valence-electron chi connectivity index (χ4n) is 1.13. The smallest absolute Gasteiger partial charge is 0.325 e. The first-order valence-electron chi connectivity index (χ1n) is 5.12. The third-order valence-electron chi connectivity index (χ3n) is 2.05. The summed E-state index contributed by atoms with van der Waals surface area (Å²) in [5, 5.41) is 13.5. The Bertz CT molecular complexity index is 417. The molecule has 0 radical (unpaired) electrons. The number of nitrogens with two attached hydrogens (primary N) is 1. The molecule has 94 valence electrons. The highest BCUT2D eigenvalue weighted by Gasteiger charge is 2.15. The number of carbonyl (C=O) groups is 2. The molecule has 17 heavy (non-hydrogen) atoms. The van der Waals surface area contributed by atoms with Crippen LogP contribution in [0.25, 0.3) is 0 Å². The second kappa shape index (κ2) is 5.74. The van der Waals surface area contributed by atoms with Crippen molar-refractivity contribution < 1.29 is 14.7 Å². The van der Waals surface area contributed by atoms with Gasteiger partial charge in [0.25, 0.3) is 0 Å². The lowest BCUT2D eigenvalue weighted by Gasteiger charge is -2.07. The molecule has 0 saturated carbocycles. The van der Waals surface area contributed by atoms with Crippen molar-refractivity contribution in [1.29, 1.82) is 0 Å². The van der Waals surface area contributed by atoms with Crippen molar-refractivity contribution in [2.24, 2.45) is 5.73 Å². The van der Waals surface area contributed by atoms with Crippen molar-refractivity contribution in [2.45, 2.75) is 32.4 Å².